The molecule has 0 saturated carbocycles. The molecule has 6 heteroatoms. The molecule has 0 aromatic heterocycles. The van der Waals surface area contributed by atoms with Crippen molar-refractivity contribution >= 4 is 21.4 Å². The predicted molar refractivity (Wildman–Crippen MR) is 80.3 cm³/mol. The Bertz CT molecular complexity index is 731. The van der Waals surface area contributed by atoms with Gasteiger partial charge >= 0.3 is 0 Å². The molecule has 0 aliphatic heterocycles. The maximum atomic E-state index is 13.5. The Labute approximate surface area is 127 Å². The first-order chi connectivity index (χ1) is 9.87. The van der Waals surface area contributed by atoms with E-state index in [1.54, 1.807) is 30.3 Å². The standard InChI is InChI=1S/C15H14ClFO3S/c16-12-5-3-4-11(8-12)9-21(19,20)10-15(18)13-6-1-2-7-14(13)17/h1-8,15,18H,9-10H2. The highest BCUT2D eigenvalue weighted by molar-refractivity contribution is 7.90. The van der Waals surface area contributed by atoms with Crippen LogP contribution >= 0.6 is 11.6 Å². The van der Waals surface area contributed by atoms with Crippen molar-refractivity contribution in [3.8, 4) is 0 Å². The van der Waals surface area contributed by atoms with Crippen LogP contribution in [0.5, 0.6) is 0 Å². The third-order valence-corrected chi connectivity index (χ3v) is 4.78. The Kier molecular flexibility index (Phi) is 4.98. The Morgan fingerprint density at radius 1 is 1.14 bits per heavy atom. The minimum absolute atomic E-state index is 0.0211. The van der Waals surface area contributed by atoms with Gasteiger partial charge in [-0.15, -0.1) is 0 Å². The van der Waals surface area contributed by atoms with Gasteiger partial charge in [-0.05, 0) is 23.8 Å². The summed E-state index contributed by atoms with van der Waals surface area (Å²) in [5.74, 6) is -1.41. The predicted octanol–water partition coefficient (Wildman–Crippen LogP) is 3.13. The molecule has 0 fully saturated rings. The first-order valence-electron chi connectivity index (χ1n) is 6.25. The van der Waals surface area contributed by atoms with Crippen molar-refractivity contribution in [3.05, 3.63) is 70.5 Å². The molecule has 1 N–H and O–H groups in total. The van der Waals surface area contributed by atoms with Gasteiger partial charge in [-0.3, -0.25) is 0 Å². The van der Waals surface area contributed by atoms with Gasteiger partial charge in [0.1, 0.15) is 5.82 Å². The Balaban J connectivity index is 2.12. The molecule has 21 heavy (non-hydrogen) atoms. The lowest BCUT2D eigenvalue weighted by atomic mass is 10.1. The molecule has 1 unspecified atom stereocenters. The van der Waals surface area contributed by atoms with E-state index in [0.717, 1.165) is 0 Å². The molecule has 2 aromatic carbocycles. The Hall–Kier alpha value is -1.43. The highest BCUT2D eigenvalue weighted by Gasteiger charge is 2.21. The van der Waals surface area contributed by atoms with Gasteiger partial charge in [-0.2, -0.15) is 0 Å². The summed E-state index contributed by atoms with van der Waals surface area (Å²) < 4.78 is 37.7. The molecule has 0 heterocycles. The minimum atomic E-state index is -3.59. The van der Waals surface area contributed by atoms with Crippen LogP contribution in [-0.4, -0.2) is 19.3 Å². The van der Waals surface area contributed by atoms with Crippen LogP contribution in [0, 0.1) is 5.82 Å². The zero-order valence-electron chi connectivity index (χ0n) is 11.0. The van der Waals surface area contributed by atoms with Gasteiger partial charge in [0.2, 0.25) is 0 Å². The number of benzene rings is 2. The highest BCUT2D eigenvalue weighted by Crippen LogP contribution is 2.21. The first-order valence-corrected chi connectivity index (χ1v) is 8.45. The maximum Gasteiger partial charge on any atom is 0.157 e. The molecule has 0 amide bonds. The van der Waals surface area contributed by atoms with Gasteiger partial charge in [0.15, 0.2) is 9.84 Å². The summed E-state index contributed by atoms with van der Waals surface area (Å²) >= 11 is 5.80. The van der Waals surface area contributed by atoms with Crippen LogP contribution in [0.15, 0.2) is 48.5 Å². The number of hydrogen-bond donors (Lipinski definition) is 1. The summed E-state index contributed by atoms with van der Waals surface area (Å²) in [4.78, 5) is 0. The van der Waals surface area contributed by atoms with Gasteiger partial charge in [0.05, 0.1) is 17.6 Å². The molecule has 2 aromatic rings. The van der Waals surface area contributed by atoms with Crippen LogP contribution in [-0.2, 0) is 15.6 Å². The summed E-state index contributed by atoms with van der Waals surface area (Å²) in [6.45, 7) is 0. The molecule has 3 nitrogen and oxygen atoms in total. The second-order valence-corrected chi connectivity index (χ2v) is 7.27. The van der Waals surface area contributed by atoms with Crippen LogP contribution < -0.4 is 0 Å². The van der Waals surface area contributed by atoms with Crippen LogP contribution in [0.4, 0.5) is 4.39 Å². The average molecular weight is 329 g/mol. The van der Waals surface area contributed by atoms with Crippen molar-refractivity contribution < 1.29 is 17.9 Å². The monoisotopic (exact) mass is 328 g/mol. The fraction of sp³-hybridized carbons (Fsp3) is 0.200. The number of sulfone groups is 1. The highest BCUT2D eigenvalue weighted by atomic mass is 35.5. The van der Waals surface area contributed by atoms with E-state index in [4.69, 9.17) is 11.6 Å². The van der Waals surface area contributed by atoms with Crippen LogP contribution in [0.2, 0.25) is 5.02 Å². The number of hydrogen-bond acceptors (Lipinski definition) is 3. The zero-order valence-corrected chi connectivity index (χ0v) is 12.6. The van der Waals surface area contributed by atoms with E-state index in [2.05, 4.69) is 0 Å². The number of rotatable bonds is 5. The van der Waals surface area contributed by atoms with Crippen molar-refractivity contribution in [1.29, 1.82) is 0 Å². The summed E-state index contributed by atoms with van der Waals surface area (Å²) in [6.07, 6.45) is -1.39. The lowest BCUT2D eigenvalue weighted by Crippen LogP contribution is -2.17. The van der Waals surface area contributed by atoms with Crippen molar-refractivity contribution in [3.63, 3.8) is 0 Å². The van der Waals surface area contributed by atoms with Gasteiger partial charge in [0, 0.05) is 10.6 Å². The smallest absolute Gasteiger partial charge is 0.157 e. The van der Waals surface area contributed by atoms with Crippen LogP contribution in [0.3, 0.4) is 0 Å². The van der Waals surface area contributed by atoms with E-state index in [0.29, 0.717) is 10.6 Å². The lowest BCUT2D eigenvalue weighted by Gasteiger charge is -2.12. The Morgan fingerprint density at radius 2 is 1.86 bits per heavy atom. The SMILES string of the molecule is O=S(=O)(Cc1cccc(Cl)c1)CC(O)c1ccccc1F. The van der Waals surface area contributed by atoms with Crippen LogP contribution in [0.1, 0.15) is 17.2 Å². The largest absolute Gasteiger partial charge is 0.387 e. The van der Waals surface area contributed by atoms with Crippen molar-refractivity contribution in [2.45, 2.75) is 11.9 Å². The second-order valence-electron chi connectivity index (χ2n) is 4.72. The van der Waals surface area contributed by atoms with Gasteiger partial charge in [-0.25, -0.2) is 12.8 Å². The van der Waals surface area contributed by atoms with E-state index in [-0.39, 0.29) is 11.3 Å². The molecule has 0 radical (unpaired) electrons. The minimum Gasteiger partial charge on any atom is -0.387 e. The molecule has 0 aliphatic rings. The lowest BCUT2D eigenvalue weighted by molar-refractivity contribution is 0.196. The molecular weight excluding hydrogens is 315 g/mol. The topological polar surface area (TPSA) is 54.4 Å². The summed E-state index contributed by atoms with van der Waals surface area (Å²) in [5, 5.41) is 10.4. The van der Waals surface area contributed by atoms with E-state index >= 15 is 0 Å². The fourth-order valence-electron chi connectivity index (χ4n) is 2.02. The Morgan fingerprint density at radius 3 is 2.52 bits per heavy atom. The molecule has 0 spiro atoms. The van der Waals surface area contributed by atoms with Gasteiger partial charge < -0.3 is 5.11 Å². The quantitative estimate of drug-likeness (QED) is 0.917. The van der Waals surface area contributed by atoms with Crippen molar-refractivity contribution in [2.24, 2.45) is 0 Å². The fourth-order valence-corrected chi connectivity index (χ4v) is 3.69. The zero-order chi connectivity index (χ0) is 15.5. The van der Waals surface area contributed by atoms with Gasteiger partial charge in [0.25, 0.3) is 0 Å². The van der Waals surface area contributed by atoms with Crippen LogP contribution in [0.25, 0.3) is 0 Å². The third kappa shape index (κ3) is 4.52. The van der Waals surface area contributed by atoms with E-state index < -0.39 is 27.5 Å². The van der Waals surface area contributed by atoms with Gasteiger partial charge in [-0.1, -0.05) is 41.9 Å². The second kappa shape index (κ2) is 6.56. The van der Waals surface area contributed by atoms with E-state index in [9.17, 15) is 17.9 Å². The number of aliphatic hydroxyl groups is 1. The maximum absolute atomic E-state index is 13.5. The molecule has 112 valence electrons. The molecule has 0 bridgehead atoms. The van der Waals surface area contributed by atoms with E-state index in [1.165, 1.54) is 18.2 Å². The summed E-state index contributed by atoms with van der Waals surface area (Å²) in [6, 6.07) is 12.1. The van der Waals surface area contributed by atoms with Crippen molar-refractivity contribution in [1.82, 2.24) is 0 Å². The molecular formula is C15H14ClFO3S. The molecule has 1 atom stereocenters. The molecule has 2 rings (SSSR count). The summed E-state index contributed by atoms with van der Waals surface area (Å²) in [7, 11) is -3.59. The number of halogens is 2. The third-order valence-electron chi connectivity index (χ3n) is 2.95. The summed E-state index contributed by atoms with van der Waals surface area (Å²) in [5.41, 5.74) is 0.510. The first kappa shape index (κ1) is 15.9. The molecule has 0 aliphatic carbocycles. The normalized spacial score (nSPS) is 13.1. The number of aliphatic hydroxyl groups excluding tert-OH is 1. The average Bonchev–Trinajstić information content (AvgIpc) is 2.37. The van der Waals surface area contributed by atoms with Crippen molar-refractivity contribution in [2.75, 3.05) is 5.75 Å². The molecule has 0 saturated heterocycles. The van der Waals surface area contributed by atoms with E-state index in [1.807, 2.05) is 0 Å².